The maximum Gasteiger partial charge on any atom is 0.341 e. The smallest absolute Gasteiger partial charge is 0.341 e. The van der Waals surface area contributed by atoms with Crippen molar-refractivity contribution in [3.8, 4) is 5.75 Å². The number of anilines is 2. The highest BCUT2D eigenvalue weighted by Gasteiger charge is 2.24. The first-order valence-corrected chi connectivity index (χ1v) is 8.99. The molecule has 0 spiro atoms. The Bertz CT molecular complexity index is 583. The summed E-state index contributed by atoms with van der Waals surface area (Å²) in [6.45, 7) is 10.9. The number of nitrogen functional groups attached to an aromatic ring is 2. The van der Waals surface area contributed by atoms with Crippen molar-refractivity contribution in [1.29, 1.82) is 0 Å². The van der Waals surface area contributed by atoms with Crippen LogP contribution in [-0.2, 0) is 4.74 Å². The van der Waals surface area contributed by atoms with Gasteiger partial charge in [-0.1, -0.05) is 33.6 Å². The molecule has 142 valence electrons. The Morgan fingerprint density at radius 2 is 1.84 bits per heavy atom. The van der Waals surface area contributed by atoms with E-state index in [4.69, 9.17) is 16.2 Å². The lowest BCUT2D eigenvalue weighted by Crippen LogP contribution is -2.20. The minimum Gasteiger partial charge on any atom is -0.490 e. The Hall–Kier alpha value is -1.91. The van der Waals surface area contributed by atoms with Crippen molar-refractivity contribution in [2.75, 3.05) is 18.6 Å². The van der Waals surface area contributed by atoms with Crippen LogP contribution in [0.3, 0.4) is 0 Å². The van der Waals surface area contributed by atoms with Crippen molar-refractivity contribution in [3.63, 3.8) is 0 Å². The Morgan fingerprint density at radius 3 is 2.28 bits per heavy atom. The normalized spacial score (nSPS) is 18.9. The van der Waals surface area contributed by atoms with Gasteiger partial charge in [-0.2, -0.15) is 0 Å². The summed E-state index contributed by atoms with van der Waals surface area (Å²) in [5.74, 6) is 0.865. The van der Waals surface area contributed by atoms with Crippen molar-refractivity contribution in [1.82, 2.24) is 0 Å². The number of carbonyl (C=O) groups is 1. The van der Waals surface area contributed by atoms with Crippen molar-refractivity contribution in [3.05, 3.63) is 17.7 Å². The molecule has 4 N–H and O–H groups in total. The zero-order valence-corrected chi connectivity index (χ0v) is 16.5. The highest BCUT2D eigenvalue weighted by atomic mass is 16.5. The monoisotopic (exact) mass is 350 g/mol. The average Bonchev–Trinajstić information content (AvgIpc) is 2.48. The van der Waals surface area contributed by atoms with Crippen LogP contribution in [0.2, 0.25) is 0 Å². The SMILES string of the molecule is CC1CCCC(C)(C)C1.COC(=O)c1cc(N)c(N)cc1OC(C)C. The van der Waals surface area contributed by atoms with Gasteiger partial charge in [0, 0.05) is 6.07 Å². The minimum absolute atomic E-state index is 0.0635. The summed E-state index contributed by atoms with van der Waals surface area (Å²) >= 11 is 0. The number of esters is 1. The number of benzene rings is 1. The lowest BCUT2D eigenvalue weighted by Gasteiger charge is -2.33. The van der Waals surface area contributed by atoms with Crippen molar-refractivity contribution in [2.24, 2.45) is 11.3 Å². The van der Waals surface area contributed by atoms with Crippen LogP contribution in [0.25, 0.3) is 0 Å². The number of carbonyl (C=O) groups excluding carboxylic acids is 1. The fraction of sp³-hybridized carbons (Fsp3) is 0.650. The number of ether oxygens (including phenoxy) is 2. The van der Waals surface area contributed by atoms with E-state index in [0.717, 1.165) is 5.92 Å². The van der Waals surface area contributed by atoms with Crippen LogP contribution in [0.5, 0.6) is 5.75 Å². The van der Waals surface area contributed by atoms with Crippen LogP contribution in [0, 0.1) is 11.3 Å². The summed E-state index contributed by atoms with van der Waals surface area (Å²) in [6, 6.07) is 2.99. The Balaban J connectivity index is 0.000000293. The molecule has 1 saturated carbocycles. The molecule has 0 radical (unpaired) electrons. The lowest BCUT2D eigenvalue weighted by molar-refractivity contribution is 0.0594. The first-order chi connectivity index (χ1) is 11.6. The first-order valence-electron chi connectivity index (χ1n) is 8.99. The molecule has 2 rings (SSSR count). The van der Waals surface area contributed by atoms with Gasteiger partial charge < -0.3 is 20.9 Å². The van der Waals surface area contributed by atoms with Gasteiger partial charge in [-0.15, -0.1) is 0 Å². The quantitative estimate of drug-likeness (QED) is 0.612. The summed E-state index contributed by atoms with van der Waals surface area (Å²) in [5, 5.41) is 0. The third kappa shape index (κ3) is 6.85. The van der Waals surface area contributed by atoms with E-state index in [0.29, 0.717) is 22.5 Å². The van der Waals surface area contributed by atoms with Crippen LogP contribution < -0.4 is 16.2 Å². The molecular weight excluding hydrogens is 316 g/mol. The van der Waals surface area contributed by atoms with E-state index in [9.17, 15) is 4.79 Å². The van der Waals surface area contributed by atoms with Crippen molar-refractivity contribution in [2.45, 2.75) is 66.4 Å². The molecule has 5 heteroatoms. The molecule has 1 atom stereocenters. The summed E-state index contributed by atoms with van der Waals surface area (Å²) in [4.78, 5) is 11.5. The molecule has 0 amide bonds. The fourth-order valence-electron chi connectivity index (χ4n) is 3.31. The number of hydrogen-bond donors (Lipinski definition) is 2. The van der Waals surface area contributed by atoms with Crippen LogP contribution in [0.15, 0.2) is 12.1 Å². The van der Waals surface area contributed by atoms with E-state index in [1.54, 1.807) is 0 Å². The van der Waals surface area contributed by atoms with Crippen molar-refractivity contribution >= 4 is 17.3 Å². The van der Waals surface area contributed by atoms with E-state index < -0.39 is 5.97 Å². The van der Waals surface area contributed by atoms with Crippen LogP contribution in [0.4, 0.5) is 11.4 Å². The number of rotatable bonds is 3. The largest absolute Gasteiger partial charge is 0.490 e. The molecule has 0 saturated heterocycles. The van der Waals surface area contributed by atoms with Gasteiger partial charge in [0.1, 0.15) is 11.3 Å². The summed E-state index contributed by atoms with van der Waals surface area (Å²) in [7, 11) is 1.30. The van der Waals surface area contributed by atoms with Crippen LogP contribution >= 0.6 is 0 Å². The topological polar surface area (TPSA) is 87.6 Å². The van der Waals surface area contributed by atoms with Crippen LogP contribution in [-0.4, -0.2) is 19.2 Å². The molecule has 0 aliphatic heterocycles. The molecule has 0 heterocycles. The van der Waals surface area contributed by atoms with Crippen LogP contribution in [0.1, 0.15) is 70.7 Å². The van der Waals surface area contributed by atoms with Gasteiger partial charge in [0.25, 0.3) is 0 Å². The molecule has 0 bridgehead atoms. The van der Waals surface area contributed by atoms with Crippen molar-refractivity contribution < 1.29 is 14.3 Å². The highest BCUT2D eigenvalue weighted by molar-refractivity contribution is 5.95. The lowest BCUT2D eigenvalue weighted by atomic mass is 9.73. The number of hydrogen-bond acceptors (Lipinski definition) is 5. The second-order valence-corrected chi connectivity index (χ2v) is 8.00. The maximum atomic E-state index is 11.5. The molecule has 1 unspecified atom stereocenters. The minimum atomic E-state index is -0.498. The van der Waals surface area contributed by atoms with Gasteiger partial charge in [0.15, 0.2) is 0 Å². The molecule has 1 fully saturated rings. The molecule has 5 nitrogen and oxygen atoms in total. The second kappa shape index (κ2) is 8.97. The molecule has 1 aliphatic rings. The van der Waals surface area contributed by atoms with Gasteiger partial charge in [0.2, 0.25) is 0 Å². The fourth-order valence-corrected chi connectivity index (χ4v) is 3.31. The summed E-state index contributed by atoms with van der Waals surface area (Å²) in [5.41, 5.74) is 12.9. The molecule has 1 aromatic carbocycles. The number of methoxy groups -OCH3 is 1. The van der Waals surface area contributed by atoms with E-state index in [1.807, 2.05) is 13.8 Å². The predicted octanol–water partition coefficient (Wildman–Crippen LogP) is 4.65. The highest BCUT2D eigenvalue weighted by Crippen LogP contribution is 2.37. The molecule has 1 aromatic rings. The molecule has 0 aromatic heterocycles. The Labute approximate surface area is 152 Å². The summed E-state index contributed by atoms with van der Waals surface area (Å²) in [6.07, 6.45) is 5.73. The second-order valence-electron chi connectivity index (χ2n) is 8.00. The molecular formula is C20H34N2O3. The van der Waals surface area contributed by atoms with E-state index in [-0.39, 0.29) is 11.7 Å². The zero-order chi connectivity index (χ0) is 19.2. The van der Waals surface area contributed by atoms with Gasteiger partial charge in [-0.3, -0.25) is 0 Å². The maximum absolute atomic E-state index is 11.5. The van der Waals surface area contributed by atoms with E-state index in [2.05, 4.69) is 25.5 Å². The third-order valence-electron chi connectivity index (χ3n) is 4.40. The van der Waals surface area contributed by atoms with Gasteiger partial charge in [0.05, 0.1) is 24.6 Å². The summed E-state index contributed by atoms with van der Waals surface area (Å²) < 4.78 is 10.1. The Kier molecular flexibility index (Phi) is 7.59. The van der Waals surface area contributed by atoms with E-state index >= 15 is 0 Å². The van der Waals surface area contributed by atoms with Gasteiger partial charge >= 0.3 is 5.97 Å². The standard InChI is InChI=1S/C11H16N2O3.C9H18/c1-6(2)16-10-5-9(13)8(12)4-7(10)11(14)15-3;1-8-5-4-6-9(2,3)7-8/h4-6H,12-13H2,1-3H3;8H,4-7H2,1-3H3. The van der Waals surface area contributed by atoms with Gasteiger partial charge in [-0.25, -0.2) is 4.79 Å². The van der Waals surface area contributed by atoms with E-state index in [1.165, 1.54) is 44.9 Å². The first kappa shape index (κ1) is 21.1. The third-order valence-corrected chi connectivity index (χ3v) is 4.40. The number of nitrogens with two attached hydrogens (primary N) is 2. The predicted molar refractivity (Wildman–Crippen MR) is 104 cm³/mol. The average molecular weight is 351 g/mol. The molecule has 1 aliphatic carbocycles. The van der Waals surface area contributed by atoms with Gasteiger partial charge in [-0.05, 0) is 44.1 Å². The molecule has 25 heavy (non-hydrogen) atoms. The zero-order valence-electron chi connectivity index (χ0n) is 16.5. The Morgan fingerprint density at radius 1 is 1.24 bits per heavy atom.